The molecule has 0 bridgehead atoms. The topological polar surface area (TPSA) is 68.5 Å². The first-order valence-corrected chi connectivity index (χ1v) is 6.95. The zero-order valence-electron chi connectivity index (χ0n) is 12.6. The fourth-order valence-corrected chi connectivity index (χ4v) is 1.91. The van der Waals surface area contributed by atoms with Crippen LogP contribution in [0.25, 0.3) is 0 Å². The molecule has 0 saturated carbocycles. The Morgan fingerprint density at radius 1 is 1.50 bits per heavy atom. The van der Waals surface area contributed by atoms with E-state index in [1.165, 1.54) is 0 Å². The summed E-state index contributed by atoms with van der Waals surface area (Å²) in [6.45, 7) is 5.77. The zero-order chi connectivity index (χ0) is 15.0. The first-order valence-electron chi connectivity index (χ1n) is 6.95. The van der Waals surface area contributed by atoms with Crippen LogP contribution in [0.5, 0.6) is 0 Å². The number of hydrogen-bond acceptors (Lipinski definition) is 4. The molecule has 0 fully saturated rings. The van der Waals surface area contributed by atoms with Gasteiger partial charge in [-0.05, 0) is 25.5 Å². The number of amides is 1. The third-order valence-electron chi connectivity index (χ3n) is 3.68. The van der Waals surface area contributed by atoms with Gasteiger partial charge in [-0.25, -0.2) is 0 Å². The van der Waals surface area contributed by atoms with Gasteiger partial charge in [0.2, 0.25) is 5.91 Å². The molecule has 1 unspecified atom stereocenters. The Balaban J connectivity index is 2.85. The SMILES string of the molecule is CCC(C)(CN)C(=O)N(CCOC)Cc1ccccn1. The van der Waals surface area contributed by atoms with Gasteiger partial charge in [-0.2, -0.15) is 0 Å². The summed E-state index contributed by atoms with van der Waals surface area (Å²) in [6.07, 6.45) is 2.45. The van der Waals surface area contributed by atoms with E-state index >= 15 is 0 Å². The summed E-state index contributed by atoms with van der Waals surface area (Å²) >= 11 is 0. The van der Waals surface area contributed by atoms with E-state index < -0.39 is 5.41 Å². The normalized spacial score (nSPS) is 13.8. The van der Waals surface area contributed by atoms with Crippen LogP contribution in [0.2, 0.25) is 0 Å². The molecule has 1 aromatic heterocycles. The molecule has 0 spiro atoms. The van der Waals surface area contributed by atoms with Crippen molar-refractivity contribution in [3.05, 3.63) is 30.1 Å². The number of methoxy groups -OCH3 is 1. The Labute approximate surface area is 121 Å². The quantitative estimate of drug-likeness (QED) is 0.781. The lowest BCUT2D eigenvalue weighted by molar-refractivity contribution is -0.142. The third kappa shape index (κ3) is 4.28. The fraction of sp³-hybridized carbons (Fsp3) is 0.600. The molecule has 1 amide bonds. The van der Waals surface area contributed by atoms with E-state index in [4.69, 9.17) is 10.5 Å². The summed E-state index contributed by atoms with van der Waals surface area (Å²) in [5.41, 5.74) is 6.13. The van der Waals surface area contributed by atoms with Gasteiger partial charge in [0.25, 0.3) is 0 Å². The first kappa shape index (κ1) is 16.6. The average Bonchev–Trinajstić information content (AvgIpc) is 2.50. The van der Waals surface area contributed by atoms with E-state index in [-0.39, 0.29) is 5.91 Å². The molecule has 1 rings (SSSR count). The molecule has 5 heteroatoms. The monoisotopic (exact) mass is 279 g/mol. The standard InChI is InChI=1S/C15H25N3O2/c1-4-15(2,12-16)14(19)18(9-10-20-3)11-13-7-5-6-8-17-13/h5-8H,4,9-12,16H2,1-3H3. The molecule has 0 radical (unpaired) electrons. The van der Waals surface area contributed by atoms with Crippen molar-refractivity contribution >= 4 is 5.91 Å². The highest BCUT2D eigenvalue weighted by atomic mass is 16.5. The van der Waals surface area contributed by atoms with E-state index in [0.717, 1.165) is 5.69 Å². The van der Waals surface area contributed by atoms with Crippen LogP contribution < -0.4 is 5.73 Å². The van der Waals surface area contributed by atoms with Gasteiger partial charge < -0.3 is 15.4 Å². The second kappa shape index (κ2) is 7.97. The van der Waals surface area contributed by atoms with Gasteiger partial charge in [0.15, 0.2) is 0 Å². The summed E-state index contributed by atoms with van der Waals surface area (Å²) in [5, 5.41) is 0. The molecule has 0 aromatic carbocycles. The van der Waals surface area contributed by atoms with Gasteiger partial charge in [-0.3, -0.25) is 9.78 Å². The Kier molecular flexibility index (Phi) is 6.61. The van der Waals surface area contributed by atoms with Gasteiger partial charge >= 0.3 is 0 Å². The molecule has 20 heavy (non-hydrogen) atoms. The Hall–Kier alpha value is -1.46. The lowest BCUT2D eigenvalue weighted by Gasteiger charge is -2.32. The lowest BCUT2D eigenvalue weighted by atomic mass is 9.86. The number of nitrogens with two attached hydrogens (primary N) is 1. The van der Waals surface area contributed by atoms with Crippen LogP contribution in [0.1, 0.15) is 26.0 Å². The largest absolute Gasteiger partial charge is 0.383 e. The number of carbonyl (C=O) groups is 1. The number of ether oxygens (including phenoxy) is 1. The minimum atomic E-state index is -0.525. The van der Waals surface area contributed by atoms with Gasteiger partial charge in [0.05, 0.1) is 24.3 Å². The number of nitrogens with zero attached hydrogens (tertiary/aromatic N) is 2. The van der Waals surface area contributed by atoms with Crippen LogP contribution in [0.4, 0.5) is 0 Å². The minimum absolute atomic E-state index is 0.0604. The molecule has 1 aromatic rings. The van der Waals surface area contributed by atoms with Crippen LogP contribution in [0, 0.1) is 5.41 Å². The van der Waals surface area contributed by atoms with Crippen LogP contribution in [0.3, 0.4) is 0 Å². The summed E-state index contributed by atoms with van der Waals surface area (Å²) in [4.78, 5) is 18.8. The summed E-state index contributed by atoms with van der Waals surface area (Å²) in [5.74, 6) is 0.0604. The number of rotatable bonds is 8. The van der Waals surface area contributed by atoms with E-state index in [1.807, 2.05) is 32.0 Å². The molecule has 1 atom stereocenters. The molecule has 5 nitrogen and oxygen atoms in total. The van der Waals surface area contributed by atoms with E-state index in [9.17, 15) is 4.79 Å². The van der Waals surface area contributed by atoms with E-state index in [2.05, 4.69) is 4.98 Å². The van der Waals surface area contributed by atoms with Crippen molar-refractivity contribution in [1.29, 1.82) is 0 Å². The molecule has 112 valence electrons. The van der Waals surface area contributed by atoms with Crippen molar-refractivity contribution in [2.45, 2.75) is 26.8 Å². The van der Waals surface area contributed by atoms with Gasteiger partial charge in [-0.1, -0.05) is 13.0 Å². The molecular formula is C15H25N3O2. The maximum absolute atomic E-state index is 12.7. The minimum Gasteiger partial charge on any atom is -0.383 e. The van der Waals surface area contributed by atoms with Crippen LogP contribution in [-0.2, 0) is 16.1 Å². The molecule has 0 saturated heterocycles. The van der Waals surface area contributed by atoms with Crippen molar-refractivity contribution in [3.63, 3.8) is 0 Å². The molecule has 0 aliphatic heterocycles. The van der Waals surface area contributed by atoms with Gasteiger partial charge in [0.1, 0.15) is 0 Å². The van der Waals surface area contributed by atoms with Crippen LogP contribution >= 0.6 is 0 Å². The zero-order valence-corrected chi connectivity index (χ0v) is 12.6. The smallest absolute Gasteiger partial charge is 0.230 e. The highest BCUT2D eigenvalue weighted by molar-refractivity contribution is 5.82. The first-order chi connectivity index (χ1) is 9.57. The molecular weight excluding hydrogens is 254 g/mol. The van der Waals surface area contributed by atoms with Crippen molar-refractivity contribution in [3.8, 4) is 0 Å². The fourth-order valence-electron chi connectivity index (χ4n) is 1.91. The second-order valence-corrected chi connectivity index (χ2v) is 5.16. The highest BCUT2D eigenvalue weighted by Gasteiger charge is 2.33. The maximum Gasteiger partial charge on any atom is 0.230 e. The number of hydrogen-bond donors (Lipinski definition) is 1. The summed E-state index contributed by atoms with van der Waals surface area (Å²) < 4.78 is 5.09. The van der Waals surface area contributed by atoms with Gasteiger partial charge in [-0.15, -0.1) is 0 Å². The second-order valence-electron chi connectivity index (χ2n) is 5.16. The maximum atomic E-state index is 12.7. The number of pyridine rings is 1. The molecule has 2 N–H and O–H groups in total. The molecule has 0 aliphatic rings. The van der Waals surface area contributed by atoms with Crippen molar-refractivity contribution < 1.29 is 9.53 Å². The predicted molar refractivity (Wildman–Crippen MR) is 79.0 cm³/mol. The number of aromatic nitrogens is 1. The lowest BCUT2D eigenvalue weighted by Crippen LogP contribution is -2.47. The highest BCUT2D eigenvalue weighted by Crippen LogP contribution is 2.23. The van der Waals surface area contributed by atoms with Gasteiger partial charge in [0, 0.05) is 26.4 Å². The van der Waals surface area contributed by atoms with E-state index in [0.29, 0.717) is 32.7 Å². The molecule has 0 aliphatic carbocycles. The summed E-state index contributed by atoms with van der Waals surface area (Å²) in [7, 11) is 1.63. The summed E-state index contributed by atoms with van der Waals surface area (Å²) in [6, 6.07) is 5.70. The van der Waals surface area contributed by atoms with Crippen molar-refractivity contribution in [2.75, 3.05) is 26.8 Å². The third-order valence-corrected chi connectivity index (χ3v) is 3.68. The van der Waals surface area contributed by atoms with Crippen LogP contribution in [0.15, 0.2) is 24.4 Å². The Bertz CT molecular complexity index is 405. The Morgan fingerprint density at radius 2 is 2.25 bits per heavy atom. The molecule has 1 heterocycles. The van der Waals surface area contributed by atoms with E-state index in [1.54, 1.807) is 18.2 Å². The number of carbonyl (C=O) groups excluding carboxylic acids is 1. The van der Waals surface area contributed by atoms with Crippen molar-refractivity contribution in [1.82, 2.24) is 9.88 Å². The van der Waals surface area contributed by atoms with Crippen LogP contribution in [-0.4, -0.2) is 42.6 Å². The van der Waals surface area contributed by atoms with Crippen molar-refractivity contribution in [2.24, 2.45) is 11.1 Å². The average molecular weight is 279 g/mol. The predicted octanol–water partition coefficient (Wildman–Crippen LogP) is 1.43. The Morgan fingerprint density at radius 3 is 2.75 bits per heavy atom.